The van der Waals surface area contributed by atoms with E-state index in [9.17, 15) is 12.8 Å². The van der Waals surface area contributed by atoms with Crippen molar-refractivity contribution in [1.29, 1.82) is 0 Å². The van der Waals surface area contributed by atoms with Crippen molar-refractivity contribution >= 4 is 48.8 Å². The molecule has 0 fully saturated rings. The molecule has 1 aromatic rings. The molecule has 0 amide bonds. The molecule has 0 aliphatic carbocycles. The summed E-state index contributed by atoms with van der Waals surface area (Å²) in [5.74, 6) is -0.689. The quantitative estimate of drug-likeness (QED) is 0.728. The highest BCUT2D eigenvalue weighted by molar-refractivity contribution is 9.10. The van der Waals surface area contributed by atoms with Gasteiger partial charge in [-0.2, -0.15) is 0 Å². The van der Waals surface area contributed by atoms with E-state index >= 15 is 0 Å². The molecule has 0 heterocycles. The molecule has 1 rings (SSSR count). The van der Waals surface area contributed by atoms with E-state index in [1.807, 2.05) is 0 Å². The molecule has 5 nitrogen and oxygen atoms in total. The molecule has 3 N–H and O–H groups in total. The number of halogens is 2. The van der Waals surface area contributed by atoms with Crippen LogP contribution in [-0.2, 0) is 10.0 Å². The summed E-state index contributed by atoms with van der Waals surface area (Å²) in [6, 6.07) is 3.04. The summed E-state index contributed by atoms with van der Waals surface area (Å²) in [5.41, 5.74) is 6.03. The number of hydrogen-bond acceptors (Lipinski definition) is 4. The van der Waals surface area contributed by atoms with Crippen LogP contribution in [-0.4, -0.2) is 44.1 Å². The predicted molar refractivity (Wildman–Crippen MR) is 86.0 cm³/mol. The van der Waals surface area contributed by atoms with Crippen LogP contribution in [0.1, 0.15) is 5.56 Å². The Balaban J connectivity index is 2.81. The van der Waals surface area contributed by atoms with Crippen molar-refractivity contribution in [3.8, 4) is 0 Å². The Kier molecular flexibility index (Phi) is 5.87. The maximum absolute atomic E-state index is 14.0. The lowest BCUT2D eigenvalue weighted by atomic mass is 10.2. The van der Waals surface area contributed by atoms with Gasteiger partial charge in [0.25, 0.3) is 0 Å². The molecule has 0 spiro atoms. The molecule has 0 aromatic heterocycles. The van der Waals surface area contributed by atoms with Gasteiger partial charge in [-0.05, 0) is 28.1 Å². The van der Waals surface area contributed by atoms with Crippen molar-refractivity contribution in [1.82, 2.24) is 4.31 Å². The molecule has 112 valence electrons. The number of nitrogens with two attached hydrogens (primary N) is 1. The Morgan fingerprint density at radius 2 is 2.10 bits per heavy atom. The molecule has 0 aliphatic heterocycles. The number of nitrogens with one attached hydrogen (secondary N) is 1. The van der Waals surface area contributed by atoms with Gasteiger partial charge in [-0.25, -0.2) is 17.1 Å². The van der Waals surface area contributed by atoms with Gasteiger partial charge < -0.3 is 11.1 Å². The molecule has 9 heteroatoms. The summed E-state index contributed by atoms with van der Waals surface area (Å²) in [6.45, 7) is 0.0935. The van der Waals surface area contributed by atoms with Crippen LogP contribution in [0.5, 0.6) is 0 Å². The van der Waals surface area contributed by atoms with E-state index in [2.05, 4.69) is 21.2 Å². The molecular formula is C11H15BrFN3O2S2. The zero-order valence-electron chi connectivity index (χ0n) is 11.0. The standard InChI is InChI=1S/C11H15BrFN3O2S2/c1-16(2)20(17,18)6-5-15-8-4-3-7(11(14)19)9(12)10(8)13/h3-4,15H,5-6H2,1-2H3,(H2,14,19). The van der Waals surface area contributed by atoms with Gasteiger partial charge in [0.1, 0.15) is 4.99 Å². The average Bonchev–Trinajstić information content (AvgIpc) is 2.33. The van der Waals surface area contributed by atoms with E-state index < -0.39 is 15.8 Å². The number of hydrogen-bond donors (Lipinski definition) is 2. The van der Waals surface area contributed by atoms with E-state index in [-0.39, 0.29) is 27.4 Å². The fourth-order valence-corrected chi connectivity index (χ4v) is 2.96. The summed E-state index contributed by atoms with van der Waals surface area (Å²) in [7, 11) is -0.421. The highest BCUT2D eigenvalue weighted by atomic mass is 79.9. The van der Waals surface area contributed by atoms with Crippen molar-refractivity contribution in [2.24, 2.45) is 5.73 Å². The van der Waals surface area contributed by atoms with Crippen LogP contribution in [0.25, 0.3) is 0 Å². The Bertz CT molecular complexity index is 620. The number of benzene rings is 1. The first kappa shape index (κ1) is 17.3. The summed E-state index contributed by atoms with van der Waals surface area (Å²) < 4.78 is 38.4. The minimum atomic E-state index is -3.32. The third-order valence-corrected chi connectivity index (χ3v) is 5.41. The number of nitrogens with zero attached hydrogens (tertiary/aromatic N) is 1. The van der Waals surface area contributed by atoms with Crippen LogP contribution in [0.2, 0.25) is 0 Å². The Labute approximate surface area is 131 Å². The predicted octanol–water partition coefficient (Wildman–Crippen LogP) is 1.53. The first-order chi connectivity index (χ1) is 9.16. The van der Waals surface area contributed by atoms with Gasteiger partial charge in [0.05, 0.1) is 15.9 Å². The second-order valence-electron chi connectivity index (χ2n) is 4.18. The molecule has 0 atom stereocenters. The van der Waals surface area contributed by atoms with Gasteiger partial charge in [-0.3, -0.25) is 0 Å². The highest BCUT2D eigenvalue weighted by Gasteiger charge is 2.15. The maximum atomic E-state index is 14.0. The molecule has 0 saturated carbocycles. The lowest BCUT2D eigenvalue weighted by Crippen LogP contribution is -2.28. The third-order valence-electron chi connectivity index (χ3n) is 2.58. The summed E-state index contributed by atoms with van der Waals surface area (Å²) >= 11 is 7.87. The smallest absolute Gasteiger partial charge is 0.215 e. The third kappa shape index (κ3) is 4.11. The fraction of sp³-hybridized carbons (Fsp3) is 0.364. The zero-order valence-corrected chi connectivity index (χ0v) is 14.2. The lowest BCUT2D eigenvalue weighted by Gasteiger charge is -2.13. The number of anilines is 1. The number of rotatable bonds is 6. The van der Waals surface area contributed by atoms with Crippen molar-refractivity contribution in [3.05, 3.63) is 28.0 Å². The van der Waals surface area contributed by atoms with Crippen LogP contribution in [0, 0.1) is 5.82 Å². The average molecular weight is 384 g/mol. The first-order valence-electron chi connectivity index (χ1n) is 5.58. The normalized spacial score (nSPS) is 11.7. The highest BCUT2D eigenvalue weighted by Crippen LogP contribution is 2.27. The number of thiocarbonyl (C=S) groups is 1. The summed E-state index contributed by atoms with van der Waals surface area (Å²) in [4.78, 5) is 0.0810. The largest absolute Gasteiger partial charge is 0.389 e. The molecular weight excluding hydrogens is 369 g/mol. The van der Waals surface area contributed by atoms with Crippen LogP contribution in [0.4, 0.5) is 10.1 Å². The van der Waals surface area contributed by atoms with Crippen molar-refractivity contribution in [3.63, 3.8) is 0 Å². The minimum absolute atomic E-state index is 0.0810. The Morgan fingerprint density at radius 3 is 2.60 bits per heavy atom. The number of sulfonamides is 1. The first-order valence-corrected chi connectivity index (χ1v) is 8.39. The van der Waals surface area contributed by atoms with E-state index in [4.69, 9.17) is 18.0 Å². The molecule has 1 aromatic carbocycles. The zero-order chi connectivity index (χ0) is 15.5. The second kappa shape index (κ2) is 6.79. The summed E-state index contributed by atoms with van der Waals surface area (Å²) in [5, 5.41) is 2.74. The molecule has 0 unspecified atom stereocenters. The summed E-state index contributed by atoms with van der Waals surface area (Å²) in [6.07, 6.45) is 0. The molecule has 0 aliphatic rings. The van der Waals surface area contributed by atoms with Gasteiger partial charge in [0, 0.05) is 26.2 Å². The lowest BCUT2D eigenvalue weighted by molar-refractivity contribution is 0.521. The van der Waals surface area contributed by atoms with Gasteiger partial charge in [0.15, 0.2) is 5.82 Å². The van der Waals surface area contributed by atoms with Crippen LogP contribution in [0.3, 0.4) is 0 Å². The molecule has 0 bridgehead atoms. The fourth-order valence-electron chi connectivity index (χ4n) is 1.37. The van der Waals surface area contributed by atoms with Gasteiger partial charge in [-0.15, -0.1) is 0 Å². The topological polar surface area (TPSA) is 75.4 Å². The minimum Gasteiger partial charge on any atom is -0.389 e. The van der Waals surface area contributed by atoms with Crippen LogP contribution in [0.15, 0.2) is 16.6 Å². The van der Waals surface area contributed by atoms with Gasteiger partial charge >= 0.3 is 0 Å². The Morgan fingerprint density at radius 1 is 1.50 bits per heavy atom. The van der Waals surface area contributed by atoms with E-state index in [0.717, 1.165) is 4.31 Å². The van der Waals surface area contributed by atoms with Crippen molar-refractivity contribution in [2.45, 2.75) is 0 Å². The second-order valence-corrected chi connectivity index (χ2v) is 7.71. The maximum Gasteiger partial charge on any atom is 0.215 e. The van der Waals surface area contributed by atoms with Crippen molar-refractivity contribution in [2.75, 3.05) is 31.7 Å². The SMILES string of the molecule is CN(C)S(=O)(=O)CCNc1ccc(C(N)=S)c(Br)c1F. The van der Waals surface area contributed by atoms with Crippen molar-refractivity contribution < 1.29 is 12.8 Å². The molecule has 0 radical (unpaired) electrons. The van der Waals surface area contributed by atoms with Gasteiger partial charge in [0.2, 0.25) is 10.0 Å². The molecule has 20 heavy (non-hydrogen) atoms. The van der Waals surface area contributed by atoms with E-state index in [1.165, 1.54) is 20.2 Å². The van der Waals surface area contributed by atoms with Crippen LogP contribution >= 0.6 is 28.1 Å². The van der Waals surface area contributed by atoms with Gasteiger partial charge in [-0.1, -0.05) is 12.2 Å². The van der Waals surface area contributed by atoms with E-state index in [1.54, 1.807) is 6.07 Å². The monoisotopic (exact) mass is 383 g/mol. The van der Waals surface area contributed by atoms with E-state index in [0.29, 0.717) is 5.56 Å². The van der Waals surface area contributed by atoms with Crippen LogP contribution < -0.4 is 11.1 Å². The molecule has 0 saturated heterocycles. The Hall–Kier alpha value is -0.770.